The van der Waals surface area contributed by atoms with E-state index in [1.54, 1.807) is 0 Å². The molecule has 1 rings (SSSR count). The molecule has 0 heterocycles. The standard InChI is InChI=1S/C32H60/c1-7-13-22-30(23-14-8-2)26-20-19-21-27-31(24-15-9-3,25-16-10-4)32(30,28-17-11-5)29-18-12-6/h20-21,26-27H,7-19,22-25,28-29H2,1-6H3/b26-20+,27-21?. The van der Waals surface area contributed by atoms with Gasteiger partial charge >= 0.3 is 0 Å². The monoisotopic (exact) mass is 444 g/mol. The lowest BCUT2D eigenvalue weighted by Crippen LogP contribution is -2.53. The Morgan fingerprint density at radius 3 is 1.00 bits per heavy atom. The highest BCUT2D eigenvalue weighted by Crippen LogP contribution is 2.67. The number of unbranched alkanes of at least 4 members (excludes halogenated alkanes) is 6. The quantitative estimate of drug-likeness (QED) is 0.184. The zero-order valence-electron chi connectivity index (χ0n) is 23.2. The Labute approximate surface area is 204 Å². The predicted octanol–water partition coefficient (Wildman–Crippen LogP) is 11.6. The van der Waals surface area contributed by atoms with Crippen LogP contribution in [0.3, 0.4) is 0 Å². The molecule has 0 saturated carbocycles. The second kappa shape index (κ2) is 16.2. The van der Waals surface area contributed by atoms with E-state index >= 15 is 0 Å². The molecule has 0 heteroatoms. The molecule has 1 aliphatic rings. The Kier molecular flexibility index (Phi) is 14.9. The van der Waals surface area contributed by atoms with Crippen LogP contribution in [0.4, 0.5) is 0 Å². The zero-order valence-corrected chi connectivity index (χ0v) is 23.2. The average molecular weight is 445 g/mol. The van der Waals surface area contributed by atoms with Gasteiger partial charge in [-0.15, -0.1) is 0 Å². The van der Waals surface area contributed by atoms with Crippen molar-refractivity contribution < 1.29 is 0 Å². The largest absolute Gasteiger partial charge is 0.0842 e. The van der Waals surface area contributed by atoms with Gasteiger partial charge in [-0.3, -0.25) is 0 Å². The molecule has 188 valence electrons. The normalized spacial score (nSPS) is 20.1. The lowest BCUT2D eigenvalue weighted by atomic mass is 9.42. The summed E-state index contributed by atoms with van der Waals surface area (Å²) in [5, 5.41) is 0. The van der Waals surface area contributed by atoms with Gasteiger partial charge in [0.2, 0.25) is 0 Å². The molecule has 0 saturated heterocycles. The molecule has 0 aromatic heterocycles. The third-order valence-electron chi connectivity index (χ3n) is 8.87. The number of hydrogen-bond acceptors (Lipinski definition) is 0. The van der Waals surface area contributed by atoms with Gasteiger partial charge < -0.3 is 0 Å². The second-order valence-electron chi connectivity index (χ2n) is 11.1. The van der Waals surface area contributed by atoms with Crippen LogP contribution < -0.4 is 0 Å². The molecule has 0 fully saturated rings. The molecule has 0 N–H and O–H groups in total. The maximum atomic E-state index is 2.81. The Hall–Kier alpha value is -0.520. The van der Waals surface area contributed by atoms with Crippen molar-refractivity contribution in [1.29, 1.82) is 0 Å². The smallest absolute Gasteiger partial charge is 0.00534 e. The van der Waals surface area contributed by atoms with Crippen molar-refractivity contribution in [2.45, 2.75) is 164 Å². The zero-order chi connectivity index (χ0) is 23.8. The molecular weight excluding hydrogens is 384 g/mol. The van der Waals surface area contributed by atoms with Crippen LogP contribution in [0.15, 0.2) is 24.3 Å². The van der Waals surface area contributed by atoms with Crippen LogP contribution in [0.25, 0.3) is 0 Å². The second-order valence-corrected chi connectivity index (χ2v) is 11.1. The Morgan fingerprint density at radius 2 is 0.719 bits per heavy atom. The third-order valence-corrected chi connectivity index (χ3v) is 8.87. The fourth-order valence-electron chi connectivity index (χ4n) is 7.07. The fraction of sp³-hybridized carbons (Fsp3) is 0.875. The highest BCUT2D eigenvalue weighted by molar-refractivity contribution is 5.23. The van der Waals surface area contributed by atoms with Crippen molar-refractivity contribution in [1.82, 2.24) is 0 Å². The molecule has 0 radical (unpaired) electrons. The predicted molar refractivity (Wildman–Crippen MR) is 147 cm³/mol. The van der Waals surface area contributed by atoms with Gasteiger partial charge in [-0.05, 0) is 61.2 Å². The van der Waals surface area contributed by atoms with E-state index in [1.807, 2.05) is 0 Å². The van der Waals surface area contributed by atoms with Crippen molar-refractivity contribution in [3.63, 3.8) is 0 Å². The molecule has 0 aromatic carbocycles. The van der Waals surface area contributed by atoms with Crippen molar-refractivity contribution in [2.75, 3.05) is 0 Å². The first-order chi connectivity index (χ1) is 15.6. The first-order valence-electron chi connectivity index (χ1n) is 14.9. The Balaban J connectivity index is 3.85. The number of rotatable bonds is 18. The topological polar surface area (TPSA) is 0 Å². The molecule has 0 amide bonds. The molecule has 0 aliphatic heterocycles. The molecule has 0 unspecified atom stereocenters. The molecule has 0 atom stereocenters. The SMILES string of the molecule is CCCCC1(CCCC)C=CC/C=C/C(CCCC)(CCCC)C1(CCCC)CCCC. The molecule has 0 nitrogen and oxygen atoms in total. The summed E-state index contributed by atoms with van der Waals surface area (Å²) in [4.78, 5) is 0. The molecule has 0 aromatic rings. The molecule has 0 bridgehead atoms. The van der Waals surface area contributed by atoms with E-state index in [1.165, 1.54) is 116 Å². The first-order valence-corrected chi connectivity index (χ1v) is 14.9. The van der Waals surface area contributed by atoms with Gasteiger partial charge in [-0.1, -0.05) is 143 Å². The van der Waals surface area contributed by atoms with Crippen LogP contribution in [-0.4, -0.2) is 0 Å². The van der Waals surface area contributed by atoms with E-state index < -0.39 is 0 Å². The van der Waals surface area contributed by atoms with Crippen LogP contribution in [-0.2, 0) is 0 Å². The summed E-state index contributed by atoms with van der Waals surface area (Å²) in [5.74, 6) is 0. The third kappa shape index (κ3) is 7.24. The molecule has 0 spiro atoms. The Morgan fingerprint density at radius 1 is 0.438 bits per heavy atom. The van der Waals surface area contributed by atoms with Gasteiger partial charge in [0.05, 0.1) is 0 Å². The Bertz CT molecular complexity index is 446. The van der Waals surface area contributed by atoms with Gasteiger partial charge in [0, 0.05) is 0 Å². The van der Waals surface area contributed by atoms with E-state index in [9.17, 15) is 0 Å². The van der Waals surface area contributed by atoms with Crippen molar-refractivity contribution in [2.24, 2.45) is 16.2 Å². The highest BCUT2D eigenvalue weighted by Gasteiger charge is 2.58. The summed E-state index contributed by atoms with van der Waals surface area (Å²) in [6, 6.07) is 0. The number of allylic oxidation sites excluding steroid dienone is 4. The van der Waals surface area contributed by atoms with E-state index in [0.29, 0.717) is 16.2 Å². The van der Waals surface area contributed by atoms with Gasteiger partial charge in [0.1, 0.15) is 0 Å². The minimum absolute atomic E-state index is 0.371. The van der Waals surface area contributed by atoms with Crippen LogP contribution in [0.5, 0.6) is 0 Å². The van der Waals surface area contributed by atoms with E-state index in [4.69, 9.17) is 0 Å². The summed E-state index contributed by atoms with van der Waals surface area (Å²) in [7, 11) is 0. The molecule has 32 heavy (non-hydrogen) atoms. The maximum Gasteiger partial charge on any atom is -0.00534 e. The lowest BCUT2D eigenvalue weighted by Gasteiger charge is -2.61. The van der Waals surface area contributed by atoms with Crippen LogP contribution in [0.1, 0.15) is 164 Å². The highest BCUT2D eigenvalue weighted by atomic mass is 14.6. The average Bonchev–Trinajstić information content (AvgIpc) is 2.81. The van der Waals surface area contributed by atoms with E-state index in [2.05, 4.69) is 65.8 Å². The summed E-state index contributed by atoms with van der Waals surface area (Å²) < 4.78 is 0. The summed E-state index contributed by atoms with van der Waals surface area (Å²) in [5.41, 5.74) is 1.15. The lowest BCUT2D eigenvalue weighted by molar-refractivity contribution is -0.0795. The molecular formula is C32H60. The van der Waals surface area contributed by atoms with E-state index in [-0.39, 0.29) is 0 Å². The summed E-state index contributed by atoms with van der Waals surface area (Å²) >= 11 is 0. The van der Waals surface area contributed by atoms with Crippen LogP contribution in [0, 0.1) is 16.2 Å². The summed E-state index contributed by atoms with van der Waals surface area (Å²) in [6.07, 6.45) is 36.6. The first kappa shape index (κ1) is 29.5. The van der Waals surface area contributed by atoms with Gasteiger partial charge in [0.25, 0.3) is 0 Å². The minimum atomic E-state index is 0.371. The van der Waals surface area contributed by atoms with Gasteiger partial charge in [-0.25, -0.2) is 0 Å². The fourth-order valence-corrected chi connectivity index (χ4v) is 7.07. The van der Waals surface area contributed by atoms with Crippen LogP contribution in [0.2, 0.25) is 0 Å². The van der Waals surface area contributed by atoms with Gasteiger partial charge in [0.15, 0.2) is 0 Å². The van der Waals surface area contributed by atoms with Crippen molar-refractivity contribution >= 4 is 0 Å². The van der Waals surface area contributed by atoms with Crippen molar-refractivity contribution in [3.8, 4) is 0 Å². The maximum absolute atomic E-state index is 2.81. The van der Waals surface area contributed by atoms with E-state index in [0.717, 1.165) is 6.42 Å². The minimum Gasteiger partial charge on any atom is -0.0842 e. The molecule has 1 aliphatic carbocycles. The summed E-state index contributed by atoms with van der Waals surface area (Å²) in [6.45, 7) is 14.5. The van der Waals surface area contributed by atoms with Crippen molar-refractivity contribution in [3.05, 3.63) is 24.3 Å². The number of hydrogen-bond donors (Lipinski definition) is 0. The van der Waals surface area contributed by atoms with Gasteiger partial charge in [-0.2, -0.15) is 0 Å². The van der Waals surface area contributed by atoms with Crippen LogP contribution >= 0.6 is 0 Å².